The molecule has 0 fully saturated rings. The smallest absolute Gasteiger partial charge is 0.169 e. The average molecular weight is 310 g/mol. The molecule has 0 aromatic heterocycles. The second-order valence-electron chi connectivity index (χ2n) is 5.17. The fourth-order valence-electron chi connectivity index (χ4n) is 2.34. The molecule has 22 heavy (non-hydrogen) atoms. The fourth-order valence-corrected chi connectivity index (χ4v) is 2.64. The predicted octanol–water partition coefficient (Wildman–Crippen LogP) is 4.31. The summed E-state index contributed by atoms with van der Waals surface area (Å²) in [5, 5.41) is 3.99. The van der Waals surface area contributed by atoms with E-state index in [1.165, 1.54) is 11.1 Å². The van der Waals surface area contributed by atoms with Crippen molar-refractivity contribution in [3.63, 3.8) is 0 Å². The minimum Gasteiger partial charge on any atom is -0.359 e. The number of nitrogens with zero attached hydrogens (tertiary/aromatic N) is 1. The number of hydrogen-bond acceptors (Lipinski definition) is 1. The molecule has 0 radical (unpaired) electrons. The van der Waals surface area contributed by atoms with Gasteiger partial charge in [-0.15, -0.1) is 6.58 Å². The zero-order chi connectivity index (χ0) is 15.8. The molecule has 0 saturated carbocycles. The maximum atomic E-state index is 5.58. The topological polar surface area (TPSA) is 15.3 Å². The van der Waals surface area contributed by atoms with Crippen LogP contribution >= 0.6 is 12.2 Å². The lowest BCUT2D eigenvalue weighted by atomic mass is 10.1. The highest BCUT2D eigenvalue weighted by Gasteiger charge is 2.18. The number of hydrogen-bond donors (Lipinski definition) is 1. The van der Waals surface area contributed by atoms with Gasteiger partial charge in [0, 0.05) is 13.1 Å². The number of rotatable bonds is 6. The van der Waals surface area contributed by atoms with Gasteiger partial charge in [0.05, 0.1) is 6.04 Å². The van der Waals surface area contributed by atoms with Crippen LogP contribution in [0.2, 0.25) is 0 Å². The predicted molar refractivity (Wildman–Crippen MR) is 97.6 cm³/mol. The van der Waals surface area contributed by atoms with E-state index in [9.17, 15) is 0 Å². The van der Waals surface area contributed by atoms with E-state index in [1.54, 1.807) is 0 Å². The summed E-state index contributed by atoms with van der Waals surface area (Å²) >= 11 is 5.58. The molecule has 1 atom stereocenters. The van der Waals surface area contributed by atoms with Crippen molar-refractivity contribution in [3.05, 3.63) is 84.4 Å². The monoisotopic (exact) mass is 310 g/mol. The zero-order valence-electron chi connectivity index (χ0n) is 12.9. The van der Waals surface area contributed by atoms with Crippen LogP contribution in [0.25, 0.3) is 0 Å². The molecule has 3 heteroatoms. The average Bonchev–Trinajstić information content (AvgIpc) is 2.58. The summed E-state index contributed by atoms with van der Waals surface area (Å²) in [6.07, 6.45) is 1.82. The van der Waals surface area contributed by atoms with Gasteiger partial charge < -0.3 is 10.2 Å². The Morgan fingerprint density at radius 2 is 1.73 bits per heavy atom. The first-order valence-corrected chi connectivity index (χ1v) is 7.87. The van der Waals surface area contributed by atoms with Crippen LogP contribution in [0.1, 0.15) is 24.1 Å². The summed E-state index contributed by atoms with van der Waals surface area (Å²) in [4.78, 5) is 2.21. The number of nitrogens with one attached hydrogen (secondary N) is 1. The van der Waals surface area contributed by atoms with E-state index in [0.29, 0.717) is 6.54 Å². The molecule has 0 aliphatic rings. The molecule has 0 unspecified atom stereocenters. The van der Waals surface area contributed by atoms with E-state index >= 15 is 0 Å². The van der Waals surface area contributed by atoms with Crippen LogP contribution in [-0.4, -0.2) is 16.6 Å². The summed E-state index contributed by atoms with van der Waals surface area (Å²) in [6.45, 7) is 7.37. The van der Waals surface area contributed by atoms with Gasteiger partial charge in [0.15, 0.2) is 5.11 Å². The summed E-state index contributed by atoms with van der Waals surface area (Å²) < 4.78 is 0. The Morgan fingerprint density at radius 3 is 2.32 bits per heavy atom. The molecule has 0 aliphatic heterocycles. The summed E-state index contributed by atoms with van der Waals surface area (Å²) in [5.74, 6) is 0. The van der Waals surface area contributed by atoms with Gasteiger partial charge in [-0.25, -0.2) is 0 Å². The molecular formula is C19H22N2S. The Bertz CT molecular complexity index is 595. The lowest BCUT2D eigenvalue weighted by molar-refractivity contribution is 0.325. The first-order valence-electron chi connectivity index (χ1n) is 7.46. The second kappa shape index (κ2) is 8.35. The van der Waals surface area contributed by atoms with Crippen LogP contribution in [-0.2, 0) is 6.54 Å². The molecule has 2 aromatic carbocycles. The van der Waals surface area contributed by atoms with Crippen molar-refractivity contribution in [2.45, 2.75) is 19.5 Å². The van der Waals surface area contributed by atoms with Crippen molar-refractivity contribution in [1.29, 1.82) is 0 Å². The third-order valence-electron chi connectivity index (χ3n) is 3.60. The largest absolute Gasteiger partial charge is 0.359 e. The van der Waals surface area contributed by atoms with Crippen molar-refractivity contribution in [3.8, 4) is 0 Å². The van der Waals surface area contributed by atoms with Crippen molar-refractivity contribution in [2.75, 3.05) is 6.54 Å². The van der Waals surface area contributed by atoms with Gasteiger partial charge in [0.1, 0.15) is 0 Å². The van der Waals surface area contributed by atoms with Crippen LogP contribution in [0, 0.1) is 0 Å². The molecule has 0 amide bonds. The standard InChI is InChI=1S/C19H22N2S/c1-3-14-20-19(22)21(15-17-10-6-4-7-11-17)16(2)18-12-8-5-9-13-18/h3-13,16H,1,14-15H2,2H3,(H,20,22)/t16-/m0/s1. The quantitative estimate of drug-likeness (QED) is 0.632. The normalized spacial score (nSPS) is 11.5. The lowest BCUT2D eigenvalue weighted by Crippen LogP contribution is -2.40. The van der Waals surface area contributed by atoms with E-state index in [1.807, 2.05) is 18.2 Å². The summed E-state index contributed by atoms with van der Waals surface area (Å²) in [7, 11) is 0. The van der Waals surface area contributed by atoms with Gasteiger partial charge in [-0.3, -0.25) is 0 Å². The maximum absolute atomic E-state index is 5.58. The molecule has 1 N–H and O–H groups in total. The van der Waals surface area contributed by atoms with Gasteiger partial charge in [0.25, 0.3) is 0 Å². The molecular weight excluding hydrogens is 288 g/mol. The number of thiocarbonyl (C=S) groups is 1. The minimum atomic E-state index is 0.200. The van der Waals surface area contributed by atoms with E-state index in [-0.39, 0.29) is 6.04 Å². The van der Waals surface area contributed by atoms with E-state index in [2.05, 4.69) is 72.3 Å². The minimum absolute atomic E-state index is 0.200. The van der Waals surface area contributed by atoms with Crippen molar-refractivity contribution in [1.82, 2.24) is 10.2 Å². The highest BCUT2D eigenvalue weighted by atomic mass is 32.1. The lowest BCUT2D eigenvalue weighted by Gasteiger charge is -2.32. The summed E-state index contributed by atoms with van der Waals surface area (Å²) in [6, 6.07) is 21.0. The van der Waals surface area contributed by atoms with Gasteiger partial charge >= 0.3 is 0 Å². The second-order valence-corrected chi connectivity index (χ2v) is 5.56. The zero-order valence-corrected chi connectivity index (χ0v) is 13.7. The third kappa shape index (κ3) is 4.43. The molecule has 2 rings (SSSR count). The fraction of sp³-hybridized carbons (Fsp3) is 0.211. The van der Waals surface area contributed by atoms with E-state index < -0.39 is 0 Å². The molecule has 0 spiro atoms. The van der Waals surface area contributed by atoms with Gasteiger partial charge in [-0.05, 0) is 30.3 Å². The van der Waals surface area contributed by atoms with Crippen LogP contribution in [0.4, 0.5) is 0 Å². The highest BCUT2D eigenvalue weighted by Crippen LogP contribution is 2.22. The van der Waals surface area contributed by atoms with Crippen LogP contribution in [0.5, 0.6) is 0 Å². The SMILES string of the molecule is C=CCNC(=S)N(Cc1ccccc1)[C@@H](C)c1ccccc1. The first-order chi connectivity index (χ1) is 10.7. The van der Waals surface area contributed by atoms with Crippen molar-refractivity contribution in [2.24, 2.45) is 0 Å². The van der Waals surface area contributed by atoms with Crippen molar-refractivity contribution < 1.29 is 0 Å². The Balaban J connectivity index is 2.20. The molecule has 114 valence electrons. The first kappa shape index (κ1) is 16.2. The molecule has 2 nitrogen and oxygen atoms in total. The molecule has 0 aliphatic carbocycles. The van der Waals surface area contributed by atoms with Crippen molar-refractivity contribution >= 4 is 17.3 Å². The maximum Gasteiger partial charge on any atom is 0.169 e. The molecule has 2 aromatic rings. The molecule has 0 saturated heterocycles. The van der Waals surface area contributed by atoms with E-state index in [4.69, 9.17) is 12.2 Å². The van der Waals surface area contributed by atoms with Crippen LogP contribution < -0.4 is 5.32 Å². The van der Waals surface area contributed by atoms with Gasteiger partial charge in [-0.2, -0.15) is 0 Å². The molecule has 0 bridgehead atoms. The Kier molecular flexibility index (Phi) is 6.16. The molecule has 0 heterocycles. The third-order valence-corrected chi connectivity index (χ3v) is 3.98. The Morgan fingerprint density at radius 1 is 1.14 bits per heavy atom. The highest BCUT2D eigenvalue weighted by molar-refractivity contribution is 7.80. The van der Waals surface area contributed by atoms with Gasteiger partial charge in [0.2, 0.25) is 0 Å². The van der Waals surface area contributed by atoms with E-state index in [0.717, 1.165) is 11.7 Å². The summed E-state index contributed by atoms with van der Waals surface area (Å²) in [5.41, 5.74) is 2.49. The number of benzene rings is 2. The Hall–Kier alpha value is -2.13. The van der Waals surface area contributed by atoms with Crippen LogP contribution in [0.15, 0.2) is 73.3 Å². The van der Waals surface area contributed by atoms with Crippen LogP contribution in [0.3, 0.4) is 0 Å². The van der Waals surface area contributed by atoms with Gasteiger partial charge in [-0.1, -0.05) is 66.7 Å². The Labute approximate surface area is 138 Å².